The van der Waals surface area contributed by atoms with Gasteiger partial charge in [0.15, 0.2) is 6.10 Å². The van der Waals surface area contributed by atoms with Crippen LogP contribution >= 0.6 is 0 Å². The topological polar surface area (TPSA) is 76.5 Å². The Hall–Kier alpha value is -3.28. The molecule has 1 N–H and O–H groups in total. The maximum atomic E-state index is 12.1. The lowest BCUT2D eigenvalue weighted by Crippen LogP contribution is -2.33. The van der Waals surface area contributed by atoms with Crippen molar-refractivity contribution in [1.29, 1.82) is 0 Å². The summed E-state index contributed by atoms with van der Waals surface area (Å²) in [5.74, 6) is 0.218. The van der Waals surface area contributed by atoms with Crippen LogP contribution in [-0.2, 0) is 4.79 Å². The molecule has 0 saturated carbocycles. The van der Waals surface area contributed by atoms with Crippen LogP contribution in [0.1, 0.15) is 12.5 Å². The molecule has 0 bridgehead atoms. The second kappa shape index (κ2) is 7.32. The van der Waals surface area contributed by atoms with Crippen LogP contribution in [0.4, 0.5) is 0 Å². The standard InChI is InChI=1S/C18H16N4O2/c1-13(18(23)22-21-12-14-5-3-9-19-11-14)24-16-8-2-6-15-7-4-10-20-17(15)16/h2-13H,1H3,(H,22,23)/b21-12-/t13-/m0/s1. The molecule has 0 aliphatic heterocycles. The van der Waals surface area contributed by atoms with E-state index >= 15 is 0 Å². The number of nitrogens with one attached hydrogen (secondary N) is 1. The molecule has 3 aromatic rings. The van der Waals surface area contributed by atoms with Gasteiger partial charge in [0.2, 0.25) is 0 Å². The van der Waals surface area contributed by atoms with Gasteiger partial charge in [-0.05, 0) is 25.1 Å². The summed E-state index contributed by atoms with van der Waals surface area (Å²) in [6.45, 7) is 1.66. The number of rotatable bonds is 5. The van der Waals surface area contributed by atoms with Crippen molar-refractivity contribution in [3.8, 4) is 5.75 Å². The molecule has 0 aliphatic carbocycles. The Kier molecular flexibility index (Phi) is 4.76. The van der Waals surface area contributed by atoms with Crippen molar-refractivity contribution >= 4 is 23.0 Å². The molecule has 3 rings (SSSR count). The predicted molar refractivity (Wildman–Crippen MR) is 91.8 cm³/mol. The fraction of sp³-hybridized carbons (Fsp3) is 0.111. The lowest BCUT2D eigenvalue weighted by molar-refractivity contribution is -0.127. The summed E-state index contributed by atoms with van der Waals surface area (Å²) in [6, 6.07) is 13.0. The molecule has 1 aromatic carbocycles. The summed E-state index contributed by atoms with van der Waals surface area (Å²) in [6.07, 6.45) is 5.83. The molecule has 6 nitrogen and oxygen atoms in total. The first-order chi connectivity index (χ1) is 11.7. The highest BCUT2D eigenvalue weighted by molar-refractivity contribution is 5.86. The normalized spacial score (nSPS) is 12.2. The van der Waals surface area contributed by atoms with Gasteiger partial charge in [0.1, 0.15) is 11.3 Å². The second-order valence-corrected chi connectivity index (χ2v) is 5.11. The fourth-order valence-electron chi connectivity index (χ4n) is 2.13. The van der Waals surface area contributed by atoms with Crippen molar-refractivity contribution < 1.29 is 9.53 Å². The lowest BCUT2D eigenvalue weighted by atomic mass is 10.2. The van der Waals surface area contributed by atoms with E-state index in [0.29, 0.717) is 5.75 Å². The van der Waals surface area contributed by atoms with Gasteiger partial charge in [-0.3, -0.25) is 14.8 Å². The number of hydrazone groups is 1. The first-order valence-corrected chi connectivity index (χ1v) is 7.47. The van der Waals surface area contributed by atoms with Gasteiger partial charge in [-0.1, -0.05) is 24.3 Å². The number of hydrogen-bond donors (Lipinski definition) is 1. The Morgan fingerprint density at radius 1 is 1.21 bits per heavy atom. The number of pyridine rings is 2. The zero-order valence-electron chi connectivity index (χ0n) is 13.1. The maximum Gasteiger partial charge on any atom is 0.280 e. The first-order valence-electron chi connectivity index (χ1n) is 7.47. The SMILES string of the molecule is C[C@H](Oc1cccc2cccnc12)C(=O)N/N=C\c1cccnc1. The van der Waals surface area contributed by atoms with Crippen molar-refractivity contribution in [3.05, 3.63) is 66.6 Å². The van der Waals surface area contributed by atoms with E-state index in [-0.39, 0.29) is 5.91 Å². The monoisotopic (exact) mass is 320 g/mol. The number of amides is 1. The van der Waals surface area contributed by atoms with Crippen LogP contribution in [0.5, 0.6) is 5.75 Å². The van der Waals surface area contributed by atoms with Crippen molar-refractivity contribution in [2.45, 2.75) is 13.0 Å². The average Bonchev–Trinajstić information content (AvgIpc) is 2.63. The number of fused-ring (bicyclic) bond motifs is 1. The Morgan fingerprint density at radius 3 is 2.88 bits per heavy atom. The average molecular weight is 320 g/mol. The number of benzene rings is 1. The third-order valence-corrected chi connectivity index (χ3v) is 3.34. The molecule has 1 amide bonds. The molecule has 0 saturated heterocycles. The molecule has 6 heteroatoms. The Morgan fingerprint density at radius 2 is 2.04 bits per heavy atom. The highest BCUT2D eigenvalue weighted by atomic mass is 16.5. The Labute approximate surface area is 139 Å². The van der Waals surface area contributed by atoms with E-state index < -0.39 is 6.10 Å². The third kappa shape index (κ3) is 3.73. The van der Waals surface area contributed by atoms with Crippen LogP contribution in [-0.4, -0.2) is 28.2 Å². The van der Waals surface area contributed by atoms with Crippen molar-refractivity contribution in [2.24, 2.45) is 5.10 Å². The van der Waals surface area contributed by atoms with Gasteiger partial charge in [-0.25, -0.2) is 5.43 Å². The third-order valence-electron chi connectivity index (χ3n) is 3.34. The second-order valence-electron chi connectivity index (χ2n) is 5.11. The highest BCUT2D eigenvalue weighted by Gasteiger charge is 2.15. The molecule has 0 fully saturated rings. The van der Waals surface area contributed by atoms with Crippen molar-refractivity contribution in [3.63, 3.8) is 0 Å². The molecule has 0 spiro atoms. The Balaban J connectivity index is 1.64. The molecule has 0 aliphatic rings. The molecule has 2 aromatic heterocycles. The minimum absolute atomic E-state index is 0.344. The quantitative estimate of drug-likeness (QED) is 0.579. The van der Waals surface area contributed by atoms with Crippen molar-refractivity contribution in [1.82, 2.24) is 15.4 Å². The maximum absolute atomic E-state index is 12.1. The summed E-state index contributed by atoms with van der Waals surface area (Å²) < 4.78 is 5.73. The van der Waals surface area contributed by atoms with Gasteiger partial charge in [0, 0.05) is 29.5 Å². The van der Waals surface area contributed by atoms with E-state index in [2.05, 4.69) is 20.5 Å². The van der Waals surface area contributed by atoms with E-state index in [1.807, 2.05) is 30.3 Å². The number of carbonyl (C=O) groups excluding carboxylic acids is 1. The number of nitrogens with zero attached hydrogens (tertiary/aromatic N) is 3. The molecule has 0 radical (unpaired) electrons. The molecule has 120 valence electrons. The van der Waals surface area contributed by atoms with Gasteiger partial charge in [0.05, 0.1) is 6.21 Å². The molecule has 2 heterocycles. The van der Waals surface area contributed by atoms with Crippen LogP contribution in [0.2, 0.25) is 0 Å². The number of hydrogen-bond acceptors (Lipinski definition) is 5. The molecule has 24 heavy (non-hydrogen) atoms. The minimum atomic E-state index is -0.705. The van der Waals surface area contributed by atoms with Gasteiger partial charge in [-0.15, -0.1) is 0 Å². The van der Waals surface area contributed by atoms with Crippen LogP contribution in [0.15, 0.2) is 66.2 Å². The number of aromatic nitrogens is 2. The number of carbonyl (C=O) groups is 1. The van der Waals surface area contributed by atoms with Gasteiger partial charge in [-0.2, -0.15) is 5.10 Å². The number of ether oxygens (including phenoxy) is 1. The largest absolute Gasteiger partial charge is 0.479 e. The molecule has 0 unspecified atom stereocenters. The summed E-state index contributed by atoms with van der Waals surface area (Å²) in [7, 11) is 0. The highest BCUT2D eigenvalue weighted by Crippen LogP contribution is 2.23. The van der Waals surface area contributed by atoms with Crippen LogP contribution < -0.4 is 10.2 Å². The summed E-state index contributed by atoms with van der Waals surface area (Å²) in [5, 5.41) is 4.86. The summed E-state index contributed by atoms with van der Waals surface area (Å²) in [5.41, 5.74) is 3.97. The molecule has 1 atom stereocenters. The predicted octanol–water partition coefficient (Wildman–Crippen LogP) is 2.55. The molecular weight excluding hydrogens is 304 g/mol. The fourth-order valence-corrected chi connectivity index (χ4v) is 2.13. The summed E-state index contributed by atoms with van der Waals surface area (Å²) in [4.78, 5) is 20.4. The Bertz CT molecular complexity index is 860. The summed E-state index contributed by atoms with van der Waals surface area (Å²) >= 11 is 0. The van der Waals surface area contributed by atoms with E-state index in [1.54, 1.807) is 37.6 Å². The zero-order chi connectivity index (χ0) is 16.8. The van der Waals surface area contributed by atoms with Gasteiger partial charge >= 0.3 is 0 Å². The van der Waals surface area contributed by atoms with E-state index in [9.17, 15) is 4.79 Å². The van der Waals surface area contributed by atoms with Crippen LogP contribution in [0, 0.1) is 0 Å². The van der Waals surface area contributed by atoms with E-state index in [4.69, 9.17) is 4.74 Å². The van der Waals surface area contributed by atoms with E-state index in [0.717, 1.165) is 16.5 Å². The van der Waals surface area contributed by atoms with Crippen LogP contribution in [0.3, 0.4) is 0 Å². The van der Waals surface area contributed by atoms with Gasteiger partial charge in [0.25, 0.3) is 5.91 Å². The lowest BCUT2D eigenvalue weighted by Gasteiger charge is -2.14. The zero-order valence-corrected chi connectivity index (χ0v) is 13.1. The first kappa shape index (κ1) is 15.6. The smallest absolute Gasteiger partial charge is 0.280 e. The molecular formula is C18H16N4O2. The minimum Gasteiger partial charge on any atom is -0.479 e. The van der Waals surface area contributed by atoms with Crippen LogP contribution in [0.25, 0.3) is 10.9 Å². The van der Waals surface area contributed by atoms with Gasteiger partial charge < -0.3 is 4.74 Å². The van der Waals surface area contributed by atoms with Crippen molar-refractivity contribution in [2.75, 3.05) is 0 Å². The van der Waals surface area contributed by atoms with E-state index in [1.165, 1.54) is 6.21 Å². The number of para-hydroxylation sites is 1.